The van der Waals surface area contributed by atoms with Crippen molar-refractivity contribution in [3.8, 4) is 22.8 Å². The van der Waals surface area contributed by atoms with Gasteiger partial charge in [0.25, 0.3) is 5.89 Å². The quantitative estimate of drug-likeness (QED) is 0.785. The minimum atomic E-state index is 0.364. The van der Waals surface area contributed by atoms with Gasteiger partial charge in [-0.25, -0.2) is 4.98 Å². The summed E-state index contributed by atoms with van der Waals surface area (Å²) in [5, 5.41) is 3.94. The Morgan fingerprint density at radius 3 is 2.74 bits per heavy atom. The third-order valence-electron chi connectivity index (χ3n) is 2.57. The number of hydrogen-bond acceptors (Lipinski definition) is 5. The first-order chi connectivity index (χ1) is 9.24. The summed E-state index contributed by atoms with van der Waals surface area (Å²) >= 11 is 3.34. The van der Waals surface area contributed by atoms with E-state index in [1.165, 1.54) is 0 Å². The monoisotopic (exact) mass is 316 g/mol. The highest BCUT2D eigenvalue weighted by molar-refractivity contribution is 9.10. The summed E-state index contributed by atoms with van der Waals surface area (Å²) < 4.78 is 6.05. The second-order valence-electron chi connectivity index (χ2n) is 3.88. The normalized spacial score (nSPS) is 10.6. The van der Waals surface area contributed by atoms with Gasteiger partial charge in [-0.05, 0) is 34.1 Å². The molecule has 2 N–H and O–H groups in total. The summed E-state index contributed by atoms with van der Waals surface area (Å²) in [4.78, 5) is 8.38. The molecule has 0 aliphatic rings. The molecule has 0 aliphatic carbocycles. The Bertz CT molecular complexity index is 712. The molecule has 0 unspecified atom stereocenters. The molecule has 0 spiro atoms. The van der Waals surface area contributed by atoms with E-state index in [0.717, 1.165) is 10.0 Å². The lowest BCUT2D eigenvalue weighted by molar-refractivity contribution is 0.432. The number of aromatic nitrogens is 3. The fraction of sp³-hybridized carbons (Fsp3) is 0. The average molecular weight is 317 g/mol. The van der Waals surface area contributed by atoms with Gasteiger partial charge in [0.2, 0.25) is 5.82 Å². The average Bonchev–Trinajstić information content (AvgIpc) is 2.92. The van der Waals surface area contributed by atoms with Crippen LogP contribution >= 0.6 is 15.9 Å². The predicted molar refractivity (Wildman–Crippen MR) is 75.1 cm³/mol. The van der Waals surface area contributed by atoms with Crippen molar-refractivity contribution in [2.45, 2.75) is 0 Å². The van der Waals surface area contributed by atoms with Crippen LogP contribution in [0.3, 0.4) is 0 Å². The molecule has 3 rings (SSSR count). The number of pyridine rings is 1. The zero-order chi connectivity index (χ0) is 13.2. The standard InChI is InChI=1S/C13H9BrN4O/c14-9-6-10(11(15)16-7-9)12-17-13(19-18-12)8-4-2-1-3-5-8/h1-7H,(H2,15,16). The molecule has 2 aromatic heterocycles. The van der Waals surface area contributed by atoms with Gasteiger partial charge >= 0.3 is 0 Å². The van der Waals surface area contributed by atoms with Crippen LogP contribution in [-0.2, 0) is 0 Å². The largest absolute Gasteiger partial charge is 0.383 e. The zero-order valence-electron chi connectivity index (χ0n) is 9.75. The number of hydrogen-bond donors (Lipinski definition) is 1. The van der Waals surface area contributed by atoms with Crippen LogP contribution in [0.25, 0.3) is 22.8 Å². The molecule has 0 aliphatic heterocycles. The highest BCUT2D eigenvalue weighted by Gasteiger charge is 2.13. The maximum absolute atomic E-state index is 5.82. The van der Waals surface area contributed by atoms with E-state index in [1.54, 1.807) is 6.20 Å². The molecule has 6 heteroatoms. The van der Waals surface area contributed by atoms with E-state index in [2.05, 4.69) is 31.1 Å². The van der Waals surface area contributed by atoms with Crippen molar-refractivity contribution >= 4 is 21.7 Å². The van der Waals surface area contributed by atoms with E-state index < -0.39 is 0 Å². The first kappa shape index (κ1) is 11.9. The maximum Gasteiger partial charge on any atom is 0.258 e. The van der Waals surface area contributed by atoms with Gasteiger partial charge in [0, 0.05) is 16.2 Å². The number of nitrogen functional groups attached to an aromatic ring is 1. The van der Waals surface area contributed by atoms with E-state index in [1.807, 2.05) is 36.4 Å². The molecule has 0 saturated carbocycles. The highest BCUT2D eigenvalue weighted by atomic mass is 79.9. The maximum atomic E-state index is 5.82. The van der Waals surface area contributed by atoms with E-state index in [9.17, 15) is 0 Å². The van der Waals surface area contributed by atoms with E-state index in [-0.39, 0.29) is 0 Å². The minimum absolute atomic E-state index is 0.364. The van der Waals surface area contributed by atoms with Crippen molar-refractivity contribution in [3.05, 3.63) is 47.1 Å². The van der Waals surface area contributed by atoms with Crippen LogP contribution in [-0.4, -0.2) is 15.1 Å². The summed E-state index contributed by atoms with van der Waals surface area (Å²) in [5.74, 6) is 1.24. The lowest BCUT2D eigenvalue weighted by Crippen LogP contribution is -1.94. The van der Waals surface area contributed by atoms with Crippen molar-refractivity contribution in [1.29, 1.82) is 0 Å². The molecule has 0 amide bonds. The van der Waals surface area contributed by atoms with E-state index >= 15 is 0 Å². The van der Waals surface area contributed by atoms with E-state index in [4.69, 9.17) is 10.3 Å². The summed E-state index contributed by atoms with van der Waals surface area (Å²) in [5.41, 5.74) is 7.32. The van der Waals surface area contributed by atoms with Crippen molar-refractivity contribution in [2.75, 3.05) is 5.73 Å². The van der Waals surface area contributed by atoms with Gasteiger partial charge in [-0.2, -0.15) is 4.98 Å². The van der Waals surface area contributed by atoms with Crippen LogP contribution in [0.4, 0.5) is 5.82 Å². The fourth-order valence-electron chi connectivity index (χ4n) is 1.66. The van der Waals surface area contributed by atoms with Crippen LogP contribution in [0.1, 0.15) is 0 Å². The summed E-state index contributed by atoms with van der Waals surface area (Å²) in [6.45, 7) is 0. The molecular weight excluding hydrogens is 308 g/mol. The van der Waals surface area contributed by atoms with Crippen LogP contribution in [0, 0.1) is 0 Å². The zero-order valence-corrected chi connectivity index (χ0v) is 11.3. The number of halogens is 1. The fourth-order valence-corrected chi connectivity index (χ4v) is 1.99. The molecule has 0 bridgehead atoms. The molecule has 0 radical (unpaired) electrons. The molecule has 5 nitrogen and oxygen atoms in total. The van der Waals surface area contributed by atoms with Gasteiger partial charge in [0.15, 0.2) is 0 Å². The Morgan fingerprint density at radius 2 is 1.95 bits per heavy atom. The lowest BCUT2D eigenvalue weighted by Gasteiger charge is -1.99. The molecule has 0 saturated heterocycles. The number of benzene rings is 1. The van der Waals surface area contributed by atoms with Gasteiger partial charge in [0.05, 0.1) is 5.56 Å². The van der Waals surface area contributed by atoms with Crippen LogP contribution < -0.4 is 5.73 Å². The number of anilines is 1. The molecule has 1 aromatic carbocycles. The molecular formula is C13H9BrN4O. The number of nitrogens with zero attached hydrogens (tertiary/aromatic N) is 3. The first-order valence-corrected chi connectivity index (χ1v) is 6.34. The smallest absolute Gasteiger partial charge is 0.258 e. The molecule has 94 valence electrons. The topological polar surface area (TPSA) is 77.8 Å². The summed E-state index contributed by atoms with van der Waals surface area (Å²) in [6.07, 6.45) is 1.62. The molecule has 3 aromatic rings. The van der Waals surface area contributed by atoms with Crippen LogP contribution in [0.5, 0.6) is 0 Å². The third-order valence-corrected chi connectivity index (χ3v) is 3.01. The SMILES string of the molecule is Nc1ncc(Br)cc1-c1noc(-c2ccccc2)n1. The number of rotatable bonds is 2. The van der Waals surface area contributed by atoms with Gasteiger partial charge in [-0.1, -0.05) is 23.4 Å². The second kappa shape index (κ2) is 4.81. The van der Waals surface area contributed by atoms with Gasteiger partial charge < -0.3 is 10.3 Å². The van der Waals surface area contributed by atoms with Crippen LogP contribution in [0.2, 0.25) is 0 Å². The van der Waals surface area contributed by atoms with Crippen molar-refractivity contribution < 1.29 is 4.52 Å². The molecule has 0 atom stereocenters. The van der Waals surface area contributed by atoms with Gasteiger partial charge in [-0.3, -0.25) is 0 Å². The first-order valence-electron chi connectivity index (χ1n) is 5.54. The molecule has 2 heterocycles. The third kappa shape index (κ3) is 2.34. The molecule has 19 heavy (non-hydrogen) atoms. The Hall–Kier alpha value is -2.21. The minimum Gasteiger partial charge on any atom is -0.383 e. The Labute approximate surface area is 117 Å². The Morgan fingerprint density at radius 1 is 1.16 bits per heavy atom. The second-order valence-corrected chi connectivity index (χ2v) is 4.79. The van der Waals surface area contributed by atoms with E-state index in [0.29, 0.717) is 23.1 Å². The predicted octanol–water partition coefficient (Wildman–Crippen LogP) is 3.14. The lowest BCUT2D eigenvalue weighted by atomic mass is 10.2. The summed E-state index contributed by atoms with van der Waals surface area (Å²) in [6, 6.07) is 11.4. The molecule has 0 fully saturated rings. The summed E-state index contributed by atoms with van der Waals surface area (Å²) in [7, 11) is 0. The highest BCUT2D eigenvalue weighted by Crippen LogP contribution is 2.27. The number of nitrogens with two attached hydrogens (primary N) is 1. The Kier molecular flexibility index (Phi) is 3.00. The van der Waals surface area contributed by atoms with Crippen molar-refractivity contribution in [2.24, 2.45) is 0 Å². The van der Waals surface area contributed by atoms with Crippen molar-refractivity contribution in [3.63, 3.8) is 0 Å². The van der Waals surface area contributed by atoms with Crippen molar-refractivity contribution in [1.82, 2.24) is 15.1 Å². The van der Waals surface area contributed by atoms with Gasteiger partial charge in [-0.15, -0.1) is 0 Å². The Balaban J connectivity index is 2.04. The van der Waals surface area contributed by atoms with Crippen LogP contribution in [0.15, 0.2) is 51.6 Å². The van der Waals surface area contributed by atoms with Gasteiger partial charge in [0.1, 0.15) is 5.82 Å².